The summed E-state index contributed by atoms with van der Waals surface area (Å²) in [6, 6.07) is 5.93. The van der Waals surface area contributed by atoms with Crippen LogP contribution in [0.5, 0.6) is 0 Å². The van der Waals surface area contributed by atoms with Crippen LogP contribution in [0.2, 0.25) is 0 Å². The number of carbonyl (C=O) groups is 2. The molecule has 0 saturated carbocycles. The Balaban J connectivity index is 2.71. The molecular weight excluding hydrogens is 438 g/mol. The Hall–Kier alpha value is -3.20. The molecule has 0 fully saturated rings. The van der Waals surface area contributed by atoms with Gasteiger partial charge in [-0.1, -0.05) is 39.8 Å². The molecule has 9 nitrogen and oxygen atoms in total. The lowest BCUT2D eigenvalue weighted by Gasteiger charge is -2.42. The minimum atomic E-state index is -0.896. The molecule has 0 aromatic heterocycles. The summed E-state index contributed by atoms with van der Waals surface area (Å²) in [7, 11) is 3.05. The smallest absolute Gasteiger partial charge is 0.337 e. The number of benzene rings is 1. The van der Waals surface area contributed by atoms with E-state index in [1.165, 1.54) is 25.3 Å². The molecule has 1 atom stereocenters. The molecule has 1 aromatic carbocycles. The lowest BCUT2D eigenvalue weighted by molar-refractivity contribution is -0.384. The van der Waals surface area contributed by atoms with Gasteiger partial charge in [-0.25, -0.2) is 9.59 Å². The van der Waals surface area contributed by atoms with Crippen LogP contribution in [0.4, 0.5) is 5.69 Å². The molecule has 1 aromatic rings. The van der Waals surface area contributed by atoms with Crippen LogP contribution in [0.25, 0.3) is 0 Å². The molecule has 34 heavy (non-hydrogen) atoms. The summed E-state index contributed by atoms with van der Waals surface area (Å²) in [5.41, 5.74) is 0.909. The van der Waals surface area contributed by atoms with Crippen molar-refractivity contribution < 1.29 is 24.0 Å². The van der Waals surface area contributed by atoms with Gasteiger partial charge >= 0.3 is 11.9 Å². The van der Waals surface area contributed by atoms with Crippen molar-refractivity contribution in [3.05, 3.63) is 62.5 Å². The summed E-state index contributed by atoms with van der Waals surface area (Å²) in [6.45, 7) is 11.8. The van der Waals surface area contributed by atoms with Crippen LogP contribution in [-0.2, 0) is 19.1 Å². The number of carbonyl (C=O) groups excluding carboxylic acids is 2. The minimum Gasteiger partial charge on any atom is -0.466 e. The Labute approximate surface area is 200 Å². The van der Waals surface area contributed by atoms with E-state index in [2.05, 4.69) is 10.6 Å². The van der Waals surface area contributed by atoms with Gasteiger partial charge in [-0.2, -0.15) is 0 Å². The molecule has 9 heteroatoms. The van der Waals surface area contributed by atoms with Crippen molar-refractivity contribution >= 4 is 17.6 Å². The molecule has 1 aliphatic rings. The van der Waals surface area contributed by atoms with Gasteiger partial charge in [-0.3, -0.25) is 10.1 Å². The summed E-state index contributed by atoms with van der Waals surface area (Å²) < 4.78 is 11.2. The average Bonchev–Trinajstić information content (AvgIpc) is 2.77. The number of non-ortho nitro benzene ring substituents is 1. The fourth-order valence-corrected chi connectivity index (χ4v) is 4.65. The molecule has 0 radical (unpaired) electrons. The van der Waals surface area contributed by atoms with Gasteiger partial charge in [0, 0.05) is 30.1 Å². The van der Waals surface area contributed by atoms with E-state index in [0.29, 0.717) is 23.5 Å². The van der Waals surface area contributed by atoms with Crippen LogP contribution in [0, 0.1) is 22.0 Å². The summed E-state index contributed by atoms with van der Waals surface area (Å²) in [6.07, 6.45) is 0. The highest BCUT2D eigenvalue weighted by Gasteiger charge is 2.44. The Morgan fingerprint density at radius 2 is 1.68 bits per heavy atom. The van der Waals surface area contributed by atoms with Gasteiger partial charge in [0.05, 0.1) is 29.1 Å². The molecule has 0 bridgehead atoms. The molecule has 186 valence electrons. The molecule has 1 aliphatic heterocycles. The standard InChI is InChI=1S/C25H35N3O6/c1-14(2)25(13-26-7,15(3)4)34-24(30)21-17(6)27-16(5)20(23(29)33-8)22(21)18-10-9-11-19(12-18)28(31)32/h9-12,14-15,22,26-27H,13H2,1-8H3. The first-order valence-corrected chi connectivity index (χ1v) is 11.3. The third-order valence-electron chi connectivity index (χ3n) is 6.49. The normalized spacial score (nSPS) is 16.6. The number of allylic oxidation sites excluding steroid dienone is 2. The van der Waals surface area contributed by atoms with E-state index >= 15 is 0 Å². The van der Waals surface area contributed by atoms with E-state index in [-0.39, 0.29) is 28.7 Å². The fraction of sp³-hybridized carbons (Fsp3) is 0.520. The predicted octanol–water partition coefficient (Wildman–Crippen LogP) is 3.82. The summed E-state index contributed by atoms with van der Waals surface area (Å²) >= 11 is 0. The summed E-state index contributed by atoms with van der Waals surface area (Å²) in [4.78, 5) is 37.6. The zero-order chi connectivity index (χ0) is 25.8. The second kappa shape index (κ2) is 10.8. The predicted molar refractivity (Wildman–Crippen MR) is 129 cm³/mol. The Morgan fingerprint density at radius 1 is 1.12 bits per heavy atom. The van der Waals surface area contributed by atoms with Crippen LogP contribution in [0.15, 0.2) is 46.8 Å². The zero-order valence-corrected chi connectivity index (χ0v) is 21.1. The molecule has 0 saturated heterocycles. The maximum absolute atomic E-state index is 13.8. The van der Waals surface area contributed by atoms with Crippen molar-refractivity contribution in [2.24, 2.45) is 11.8 Å². The molecule has 2 rings (SSSR count). The number of nitrogens with zero attached hydrogens (tertiary/aromatic N) is 1. The molecule has 0 spiro atoms. The van der Waals surface area contributed by atoms with Crippen LogP contribution >= 0.6 is 0 Å². The number of hydrogen-bond acceptors (Lipinski definition) is 8. The number of likely N-dealkylation sites (N-methyl/N-ethyl adjacent to an activating group) is 1. The number of ether oxygens (including phenoxy) is 2. The first-order valence-electron chi connectivity index (χ1n) is 11.3. The first kappa shape index (κ1) is 27.0. The third-order valence-corrected chi connectivity index (χ3v) is 6.49. The van der Waals surface area contributed by atoms with Gasteiger partial charge in [0.1, 0.15) is 5.60 Å². The number of esters is 2. The highest BCUT2D eigenvalue weighted by Crippen LogP contribution is 2.41. The zero-order valence-electron chi connectivity index (χ0n) is 21.1. The number of nitrogens with one attached hydrogen (secondary N) is 2. The van der Waals surface area contributed by atoms with Gasteiger partial charge in [0.2, 0.25) is 0 Å². The first-order chi connectivity index (χ1) is 15.9. The van der Waals surface area contributed by atoms with Crippen molar-refractivity contribution in [2.45, 2.75) is 53.1 Å². The Kier molecular flexibility index (Phi) is 8.61. The van der Waals surface area contributed by atoms with Crippen molar-refractivity contribution in [3.8, 4) is 0 Å². The molecule has 1 heterocycles. The highest BCUT2D eigenvalue weighted by atomic mass is 16.6. The van der Waals surface area contributed by atoms with Crippen molar-refractivity contribution in [2.75, 3.05) is 20.7 Å². The molecule has 2 N–H and O–H groups in total. The Morgan fingerprint density at radius 3 is 2.15 bits per heavy atom. The van der Waals surface area contributed by atoms with E-state index in [4.69, 9.17) is 9.47 Å². The second-order valence-corrected chi connectivity index (χ2v) is 9.16. The largest absolute Gasteiger partial charge is 0.466 e. The maximum Gasteiger partial charge on any atom is 0.337 e. The number of methoxy groups -OCH3 is 1. The maximum atomic E-state index is 13.8. The van der Waals surface area contributed by atoms with Gasteiger partial charge in [0.25, 0.3) is 5.69 Å². The number of dihydropyridines is 1. The van der Waals surface area contributed by atoms with Crippen LogP contribution in [0.1, 0.15) is 53.0 Å². The summed E-state index contributed by atoms with van der Waals surface area (Å²) in [5, 5.41) is 17.7. The topological polar surface area (TPSA) is 120 Å². The van der Waals surface area contributed by atoms with Crippen LogP contribution in [0.3, 0.4) is 0 Å². The average molecular weight is 474 g/mol. The Bertz CT molecular complexity index is 1020. The van der Waals surface area contributed by atoms with Gasteiger partial charge in [0.15, 0.2) is 0 Å². The van der Waals surface area contributed by atoms with Crippen LogP contribution < -0.4 is 10.6 Å². The quantitative estimate of drug-likeness (QED) is 0.316. The number of hydrogen-bond donors (Lipinski definition) is 2. The molecule has 1 unspecified atom stereocenters. The van der Waals surface area contributed by atoms with Gasteiger partial charge < -0.3 is 20.1 Å². The van der Waals surface area contributed by atoms with E-state index in [0.717, 1.165) is 0 Å². The number of rotatable bonds is 9. The van der Waals surface area contributed by atoms with E-state index in [9.17, 15) is 19.7 Å². The van der Waals surface area contributed by atoms with Crippen molar-refractivity contribution in [1.82, 2.24) is 10.6 Å². The SMILES string of the molecule is CNCC(OC(=O)C1=C(C)NC(C)=C(C(=O)OC)C1c1cccc([N+](=O)[O-])c1)(C(C)C)C(C)C. The second-order valence-electron chi connectivity index (χ2n) is 9.16. The van der Waals surface area contributed by atoms with Gasteiger partial charge in [-0.15, -0.1) is 0 Å². The van der Waals surface area contributed by atoms with E-state index in [1.807, 2.05) is 27.7 Å². The fourth-order valence-electron chi connectivity index (χ4n) is 4.65. The number of nitro benzene ring substituents is 1. The minimum absolute atomic E-state index is 0.00465. The van der Waals surface area contributed by atoms with E-state index < -0.39 is 28.4 Å². The molecular formula is C25H35N3O6. The lowest BCUT2D eigenvalue weighted by atomic mass is 9.78. The van der Waals surface area contributed by atoms with Crippen molar-refractivity contribution in [3.63, 3.8) is 0 Å². The lowest BCUT2D eigenvalue weighted by Crippen LogP contribution is -2.52. The van der Waals surface area contributed by atoms with Crippen LogP contribution in [-0.4, -0.2) is 43.2 Å². The number of nitro groups is 1. The van der Waals surface area contributed by atoms with E-state index in [1.54, 1.807) is 27.0 Å². The summed E-state index contributed by atoms with van der Waals surface area (Å²) in [5.74, 6) is -2.13. The monoisotopic (exact) mass is 473 g/mol. The van der Waals surface area contributed by atoms with Crippen molar-refractivity contribution in [1.29, 1.82) is 0 Å². The van der Waals surface area contributed by atoms with Gasteiger partial charge in [-0.05, 0) is 38.3 Å². The molecule has 0 aliphatic carbocycles. The third kappa shape index (κ3) is 5.14. The highest BCUT2D eigenvalue weighted by molar-refractivity contribution is 6.00. The molecule has 0 amide bonds.